The van der Waals surface area contributed by atoms with Crippen LogP contribution in [0.4, 0.5) is 0 Å². The van der Waals surface area contributed by atoms with Crippen LogP contribution in [0.25, 0.3) is 0 Å². The Morgan fingerprint density at radius 2 is 2.18 bits per heavy atom. The quantitative estimate of drug-likeness (QED) is 0.436. The molecule has 0 spiro atoms. The van der Waals surface area contributed by atoms with E-state index in [1.807, 2.05) is 0 Å². The summed E-state index contributed by atoms with van der Waals surface area (Å²) in [6, 6.07) is 0.268. The van der Waals surface area contributed by atoms with Crippen molar-refractivity contribution < 1.29 is 5.21 Å². The maximum Gasteiger partial charge on any atom is 0.0598 e. The lowest BCUT2D eigenvalue weighted by atomic mass is 10.1. The molecule has 1 aliphatic heterocycles. The maximum absolute atomic E-state index is 8.60. The molecule has 0 aromatic heterocycles. The number of likely N-dealkylation sites (tertiary alicyclic amines) is 1. The van der Waals surface area contributed by atoms with Crippen molar-refractivity contribution in [1.82, 2.24) is 10.4 Å². The molecule has 0 atom stereocenters. The van der Waals surface area contributed by atoms with Gasteiger partial charge in [0.15, 0.2) is 0 Å². The molecule has 0 unspecified atom stereocenters. The molecule has 0 amide bonds. The Balaban J connectivity index is 2.20. The Labute approximate surface area is 67.3 Å². The average molecular weight is 154 g/mol. The van der Waals surface area contributed by atoms with Gasteiger partial charge in [0.2, 0.25) is 0 Å². The van der Waals surface area contributed by atoms with E-state index in [0.29, 0.717) is 0 Å². The molecule has 0 aromatic rings. The van der Waals surface area contributed by atoms with Gasteiger partial charge in [0, 0.05) is 19.1 Å². The Morgan fingerprint density at radius 1 is 1.55 bits per heavy atom. The summed E-state index contributed by atoms with van der Waals surface area (Å²) in [6.07, 6.45) is 7.14. The van der Waals surface area contributed by atoms with E-state index < -0.39 is 0 Å². The van der Waals surface area contributed by atoms with Crippen molar-refractivity contribution in [3.05, 3.63) is 0 Å². The summed E-state index contributed by atoms with van der Waals surface area (Å²) in [5.74, 6) is 2.61. The molecule has 0 aliphatic carbocycles. The molecule has 0 radical (unpaired) electrons. The van der Waals surface area contributed by atoms with Crippen LogP contribution >= 0.6 is 0 Å². The highest BCUT2D eigenvalue weighted by atomic mass is 16.5. The van der Waals surface area contributed by atoms with E-state index in [1.54, 1.807) is 0 Å². The van der Waals surface area contributed by atoms with Gasteiger partial charge in [-0.2, -0.15) is 0 Å². The lowest BCUT2D eigenvalue weighted by Crippen LogP contribution is -2.41. The zero-order valence-corrected chi connectivity index (χ0v) is 6.58. The fourth-order valence-corrected chi connectivity index (χ4v) is 1.35. The number of hydroxylamine groups is 1. The van der Waals surface area contributed by atoms with Crippen LogP contribution in [0, 0.1) is 12.3 Å². The predicted molar refractivity (Wildman–Crippen MR) is 43.2 cm³/mol. The Morgan fingerprint density at radius 3 is 2.64 bits per heavy atom. The first kappa shape index (κ1) is 8.54. The third-order valence-corrected chi connectivity index (χ3v) is 2.09. The van der Waals surface area contributed by atoms with Gasteiger partial charge in [0.1, 0.15) is 0 Å². The third-order valence-electron chi connectivity index (χ3n) is 2.09. The van der Waals surface area contributed by atoms with Crippen molar-refractivity contribution in [2.24, 2.45) is 0 Å². The second kappa shape index (κ2) is 4.35. The van der Waals surface area contributed by atoms with Gasteiger partial charge in [-0.25, -0.2) is 5.48 Å². The summed E-state index contributed by atoms with van der Waals surface area (Å²) >= 11 is 0. The van der Waals surface area contributed by atoms with E-state index in [1.165, 1.54) is 0 Å². The van der Waals surface area contributed by atoms with Crippen LogP contribution in [-0.2, 0) is 0 Å². The van der Waals surface area contributed by atoms with Gasteiger partial charge in [0.25, 0.3) is 0 Å². The van der Waals surface area contributed by atoms with Gasteiger partial charge in [-0.1, -0.05) is 5.92 Å². The first-order chi connectivity index (χ1) is 5.36. The Kier molecular flexibility index (Phi) is 3.37. The van der Waals surface area contributed by atoms with Gasteiger partial charge < -0.3 is 5.21 Å². The maximum atomic E-state index is 8.60. The third kappa shape index (κ3) is 2.51. The molecule has 0 saturated carbocycles. The first-order valence-electron chi connectivity index (χ1n) is 3.92. The highest BCUT2D eigenvalue weighted by Crippen LogP contribution is 2.08. The summed E-state index contributed by atoms with van der Waals surface area (Å²) in [5, 5.41) is 8.60. The van der Waals surface area contributed by atoms with E-state index in [2.05, 4.69) is 16.3 Å². The van der Waals surface area contributed by atoms with Crippen molar-refractivity contribution in [2.75, 3.05) is 19.6 Å². The number of piperidine rings is 1. The van der Waals surface area contributed by atoms with Gasteiger partial charge >= 0.3 is 0 Å². The van der Waals surface area contributed by atoms with E-state index in [4.69, 9.17) is 11.6 Å². The number of hydrogen-bond acceptors (Lipinski definition) is 3. The molecule has 3 heteroatoms. The number of nitrogens with zero attached hydrogens (tertiary/aromatic N) is 1. The number of rotatable bonds is 2. The molecular weight excluding hydrogens is 140 g/mol. The standard InChI is InChI=1S/C8H14N2O/c1-2-5-10-6-3-8(9-11)4-7-10/h1,8-9,11H,3-7H2. The van der Waals surface area contributed by atoms with Crippen molar-refractivity contribution in [1.29, 1.82) is 0 Å². The van der Waals surface area contributed by atoms with E-state index in [9.17, 15) is 0 Å². The van der Waals surface area contributed by atoms with Crippen LogP contribution in [0.15, 0.2) is 0 Å². The molecule has 0 aromatic carbocycles. The van der Waals surface area contributed by atoms with Crippen LogP contribution in [0.1, 0.15) is 12.8 Å². The zero-order valence-electron chi connectivity index (χ0n) is 6.58. The predicted octanol–water partition coefficient (Wildman–Crippen LogP) is 0.0628. The van der Waals surface area contributed by atoms with Crippen LogP contribution in [0.5, 0.6) is 0 Å². The molecule has 3 nitrogen and oxygen atoms in total. The molecule has 1 heterocycles. The molecule has 1 saturated heterocycles. The van der Waals surface area contributed by atoms with Crippen LogP contribution in [0.3, 0.4) is 0 Å². The second-order valence-corrected chi connectivity index (χ2v) is 2.88. The van der Waals surface area contributed by atoms with Crippen LogP contribution in [0.2, 0.25) is 0 Å². The summed E-state index contributed by atoms with van der Waals surface area (Å²) < 4.78 is 0. The monoisotopic (exact) mass is 154 g/mol. The van der Waals surface area contributed by atoms with Crippen LogP contribution < -0.4 is 5.48 Å². The first-order valence-corrected chi connectivity index (χ1v) is 3.92. The smallest absolute Gasteiger partial charge is 0.0598 e. The summed E-state index contributed by atoms with van der Waals surface area (Å²) in [7, 11) is 0. The van der Waals surface area contributed by atoms with E-state index in [-0.39, 0.29) is 6.04 Å². The molecule has 1 aliphatic rings. The summed E-state index contributed by atoms with van der Waals surface area (Å²) in [6.45, 7) is 2.71. The number of nitrogens with one attached hydrogen (secondary N) is 1. The molecule has 2 N–H and O–H groups in total. The lowest BCUT2D eigenvalue weighted by molar-refractivity contribution is 0.0865. The molecule has 11 heavy (non-hydrogen) atoms. The van der Waals surface area contributed by atoms with Crippen molar-refractivity contribution in [3.63, 3.8) is 0 Å². The minimum atomic E-state index is 0.268. The summed E-state index contributed by atoms with van der Waals surface area (Å²) in [4.78, 5) is 2.22. The fraction of sp³-hybridized carbons (Fsp3) is 0.750. The zero-order chi connectivity index (χ0) is 8.10. The Hall–Kier alpha value is -0.560. The fourth-order valence-electron chi connectivity index (χ4n) is 1.35. The second-order valence-electron chi connectivity index (χ2n) is 2.88. The van der Waals surface area contributed by atoms with E-state index >= 15 is 0 Å². The van der Waals surface area contributed by atoms with Crippen molar-refractivity contribution >= 4 is 0 Å². The topological polar surface area (TPSA) is 35.5 Å². The SMILES string of the molecule is C#CCN1CCC(NO)CC1. The van der Waals surface area contributed by atoms with E-state index in [0.717, 1.165) is 32.5 Å². The summed E-state index contributed by atoms with van der Waals surface area (Å²) in [5.41, 5.74) is 2.29. The van der Waals surface area contributed by atoms with Crippen molar-refractivity contribution in [3.8, 4) is 12.3 Å². The van der Waals surface area contributed by atoms with Gasteiger partial charge in [0.05, 0.1) is 6.54 Å². The molecular formula is C8H14N2O. The Bertz CT molecular complexity index is 145. The number of hydrogen-bond donors (Lipinski definition) is 2. The minimum absolute atomic E-state index is 0.268. The highest BCUT2D eigenvalue weighted by Gasteiger charge is 2.16. The van der Waals surface area contributed by atoms with Gasteiger partial charge in [-0.05, 0) is 12.8 Å². The minimum Gasteiger partial charge on any atom is -0.317 e. The normalized spacial score (nSPS) is 21.5. The molecule has 62 valence electrons. The lowest BCUT2D eigenvalue weighted by Gasteiger charge is -2.29. The molecule has 1 fully saturated rings. The van der Waals surface area contributed by atoms with Gasteiger partial charge in [-0.15, -0.1) is 6.42 Å². The average Bonchev–Trinajstić information content (AvgIpc) is 2.07. The molecule has 0 bridgehead atoms. The van der Waals surface area contributed by atoms with Crippen LogP contribution in [-0.4, -0.2) is 35.8 Å². The number of terminal acetylenes is 1. The molecule has 1 rings (SSSR count). The highest BCUT2D eigenvalue weighted by molar-refractivity contribution is 4.90. The van der Waals surface area contributed by atoms with Gasteiger partial charge in [-0.3, -0.25) is 4.90 Å². The largest absolute Gasteiger partial charge is 0.317 e. The van der Waals surface area contributed by atoms with Crippen molar-refractivity contribution in [2.45, 2.75) is 18.9 Å².